The largest absolute Gasteiger partial charge is 0.269 e. The second kappa shape index (κ2) is 2.13. The van der Waals surface area contributed by atoms with Gasteiger partial charge in [-0.25, -0.2) is 4.98 Å². The Balaban J connectivity index is 3.03. The monoisotopic (exact) mass is 172 g/mol. The van der Waals surface area contributed by atoms with Crippen molar-refractivity contribution in [3.8, 4) is 5.88 Å². The van der Waals surface area contributed by atoms with E-state index in [9.17, 15) is 5.11 Å². The fourth-order valence-corrected chi connectivity index (χ4v) is 0.597. The molecule has 0 unspecified atom stereocenters. The summed E-state index contributed by atoms with van der Waals surface area (Å²) >= 11 is 3.14. The summed E-state index contributed by atoms with van der Waals surface area (Å²) in [7, 11) is 0. The molecule has 0 bridgehead atoms. The Bertz CT molecular complexity index is 151. The van der Waals surface area contributed by atoms with Gasteiger partial charge in [0.1, 0.15) is 0 Å². The van der Waals surface area contributed by atoms with E-state index in [2.05, 4.69) is 20.9 Å². The zero-order chi connectivity index (χ0) is 5.98. The lowest BCUT2D eigenvalue weighted by molar-refractivity contribution is 0.337. The average molecular weight is 173 g/mol. The molecule has 0 aliphatic heterocycles. The Hall–Kier alpha value is -0.570. The third-order valence-electron chi connectivity index (χ3n) is 0.700. The van der Waals surface area contributed by atoms with Crippen LogP contribution in [0.5, 0.6) is 5.88 Å². The van der Waals surface area contributed by atoms with Crippen molar-refractivity contribution in [1.29, 1.82) is 0 Å². The van der Waals surface area contributed by atoms with Crippen LogP contribution in [0.2, 0.25) is 0 Å². The number of rotatable bonds is 0. The first-order valence-corrected chi connectivity index (χ1v) is 2.87. The number of hydrogen-bond acceptors (Lipinski definition) is 1. The number of aromatic nitrogens is 1. The molecule has 0 spiro atoms. The van der Waals surface area contributed by atoms with Gasteiger partial charge in [0.25, 0.3) is 5.88 Å². The normalized spacial score (nSPS) is 9.12. The maximum absolute atomic E-state index is 10.3. The van der Waals surface area contributed by atoms with Gasteiger partial charge in [0.2, 0.25) is 0 Å². The molecule has 0 fully saturated rings. The summed E-state index contributed by atoms with van der Waals surface area (Å²) in [6.07, 6.45) is 1.47. The number of hydrogen-bond donors (Lipinski definition) is 0. The van der Waals surface area contributed by atoms with E-state index in [0.29, 0.717) is 0 Å². The van der Waals surface area contributed by atoms with Crippen LogP contribution in [-0.4, -0.2) is 4.98 Å². The maximum Gasteiger partial charge on any atom is 0.269 e. The predicted octanol–water partition coefficient (Wildman–Crippen LogP) is 1.99. The molecule has 41 valence electrons. The molecule has 0 aromatic carbocycles. The molecule has 1 rings (SSSR count). The Morgan fingerprint density at radius 3 is 2.62 bits per heavy atom. The zero-order valence-electron chi connectivity index (χ0n) is 3.97. The van der Waals surface area contributed by atoms with Gasteiger partial charge >= 0.3 is 0 Å². The number of nitrogens with zero attached hydrogens (tertiary/aromatic N) is 1. The van der Waals surface area contributed by atoms with Crippen LogP contribution < -0.4 is 0 Å². The first kappa shape index (κ1) is 5.56. The van der Waals surface area contributed by atoms with Crippen LogP contribution >= 0.6 is 15.9 Å². The van der Waals surface area contributed by atoms with Crippen LogP contribution in [0.4, 0.5) is 0 Å². The molecule has 0 aliphatic rings. The smallest absolute Gasteiger partial charge is 0.267 e. The highest BCUT2D eigenvalue weighted by atomic mass is 79.9. The standard InChI is InChI=1S/C5H3BrNO/c6-4-1-2-5(8)7-3-4/h1-3H. The van der Waals surface area contributed by atoms with Gasteiger partial charge in [-0.2, -0.15) is 0 Å². The summed E-state index contributed by atoms with van der Waals surface area (Å²) in [6.45, 7) is 0. The van der Waals surface area contributed by atoms with Crippen LogP contribution in [0.15, 0.2) is 22.8 Å². The number of pyridine rings is 1. The van der Waals surface area contributed by atoms with Gasteiger partial charge in [0.15, 0.2) is 0 Å². The molecule has 0 amide bonds. The molecular formula is C5H3BrNO. The maximum atomic E-state index is 10.3. The minimum atomic E-state index is -0.201. The average Bonchev–Trinajstić information content (AvgIpc) is 1.77. The van der Waals surface area contributed by atoms with E-state index in [1.807, 2.05) is 0 Å². The lowest BCUT2D eigenvalue weighted by Gasteiger charge is -1.83. The Morgan fingerprint density at radius 1 is 1.50 bits per heavy atom. The predicted molar refractivity (Wildman–Crippen MR) is 32.1 cm³/mol. The zero-order valence-corrected chi connectivity index (χ0v) is 5.55. The highest BCUT2D eigenvalue weighted by Gasteiger charge is 1.87. The molecule has 0 N–H and O–H groups in total. The fraction of sp³-hybridized carbons (Fsp3) is 0. The van der Waals surface area contributed by atoms with Gasteiger partial charge in [-0.3, -0.25) is 5.11 Å². The minimum absolute atomic E-state index is 0.201. The topological polar surface area (TPSA) is 32.8 Å². The second-order valence-corrected chi connectivity index (χ2v) is 2.23. The molecule has 1 heterocycles. The molecular weight excluding hydrogens is 170 g/mol. The van der Waals surface area contributed by atoms with E-state index < -0.39 is 0 Å². The minimum Gasteiger partial charge on any atom is -0.267 e. The quantitative estimate of drug-likeness (QED) is 0.590. The van der Waals surface area contributed by atoms with Gasteiger partial charge in [-0.15, -0.1) is 0 Å². The van der Waals surface area contributed by atoms with E-state index in [1.165, 1.54) is 12.3 Å². The van der Waals surface area contributed by atoms with E-state index in [-0.39, 0.29) is 5.88 Å². The summed E-state index contributed by atoms with van der Waals surface area (Å²) in [5.74, 6) is -0.201. The van der Waals surface area contributed by atoms with E-state index in [4.69, 9.17) is 0 Å². The van der Waals surface area contributed by atoms with Gasteiger partial charge in [0, 0.05) is 16.7 Å². The van der Waals surface area contributed by atoms with E-state index in [0.717, 1.165) is 4.47 Å². The molecule has 1 aromatic rings. The molecule has 0 saturated heterocycles. The van der Waals surface area contributed by atoms with Crippen molar-refractivity contribution in [1.82, 2.24) is 4.98 Å². The highest BCUT2D eigenvalue weighted by molar-refractivity contribution is 9.10. The van der Waals surface area contributed by atoms with E-state index >= 15 is 0 Å². The SMILES string of the molecule is [O]c1ccc(Br)cn1. The van der Waals surface area contributed by atoms with E-state index in [1.54, 1.807) is 6.07 Å². The van der Waals surface area contributed by atoms with Gasteiger partial charge in [-0.05, 0) is 22.0 Å². The van der Waals surface area contributed by atoms with Crippen LogP contribution in [0.1, 0.15) is 0 Å². The van der Waals surface area contributed by atoms with Gasteiger partial charge in [-0.1, -0.05) is 0 Å². The summed E-state index contributed by atoms with van der Waals surface area (Å²) in [5, 5.41) is 10.3. The van der Waals surface area contributed by atoms with Crippen LogP contribution in [0.3, 0.4) is 0 Å². The van der Waals surface area contributed by atoms with Crippen LogP contribution in [0.25, 0.3) is 0 Å². The summed E-state index contributed by atoms with van der Waals surface area (Å²) in [6, 6.07) is 3.07. The molecule has 0 atom stereocenters. The Kier molecular flexibility index (Phi) is 1.48. The van der Waals surface area contributed by atoms with Crippen molar-refractivity contribution in [2.75, 3.05) is 0 Å². The van der Waals surface area contributed by atoms with Crippen molar-refractivity contribution in [2.45, 2.75) is 0 Å². The third kappa shape index (κ3) is 1.20. The highest BCUT2D eigenvalue weighted by Crippen LogP contribution is 2.10. The second-order valence-electron chi connectivity index (χ2n) is 1.31. The molecule has 1 radical (unpaired) electrons. The molecule has 0 saturated carbocycles. The first-order chi connectivity index (χ1) is 3.79. The van der Waals surface area contributed by atoms with Gasteiger partial charge in [0.05, 0.1) is 0 Å². The van der Waals surface area contributed by atoms with Crippen LogP contribution in [0, 0.1) is 0 Å². The van der Waals surface area contributed by atoms with Crippen LogP contribution in [-0.2, 0) is 5.11 Å². The number of halogens is 1. The van der Waals surface area contributed by atoms with Crippen molar-refractivity contribution in [2.24, 2.45) is 0 Å². The summed E-state index contributed by atoms with van der Waals surface area (Å²) < 4.78 is 0.831. The fourth-order valence-electron chi connectivity index (χ4n) is 0.362. The lowest BCUT2D eigenvalue weighted by atomic mass is 10.5. The molecule has 2 nitrogen and oxygen atoms in total. The van der Waals surface area contributed by atoms with Crippen molar-refractivity contribution >= 4 is 15.9 Å². The summed E-state index contributed by atoms with van der Waals surface area (Å²) in [5.41, 5.74) is 0. The summed E-state index contributed by atoms with van der Waals surface area (Å²) in [4.78, 5) is 3.48. The molecule has 8 heavy (non-hydrogen) atoms. The molecule has 3 heteroatoms. The van der Waals surface area contributed by atoms with Gasteiger partial charge < -0.3 is 0 Å². The van der Waals surface area contributed by atoms with Crippen molar-refractivity contribution < 1.29 is 5.11 Å². The first-order valence-electron chi connectivity index (χ1n) is 2.07. The molecule has 1 aromatic heterocycles. The van der Waals surface area contributed by atoms with Crippen molar-refractivity contribution in [3.63, 3.8) is 0 Å². The third-order valence-corrected chi connectivity index (χ3v) is 1.17. The Morgan fingerprint density at radius 2 is 2.25 bits per heavy atom. The molecule has 0 aliphatic carbocycles. The lowest BCUT2D eigenvalue weighted by Crippen LogP contribution is -1.68. The Labute approximate surface area is 55.3 Å². The van der Waals surface area contributed by atoms with Crippen molar-refractivity contribution in [3.05, 3.63) is 22.8 Å².